The molecule has 0 aliphatic carbocycles. The van der Waals surface area contributed by atoms with E-state index in [1.165, 1.54) is 28.8 Å². The number of fused-ring (bicyclic) bond motifs is 1. The Bertz CT molecular complexity index is 1250. The maximum Gasteiger partial charge on any atom is 0.300 e. The minimum absolute atomic E-state index is 0.0381. The molecule has 2 aromatic heterocycles. The van der Waals surface area contributed by atoms with Gasteiger partial charge in [-0.2, -0.15) is 0 Å². The normalized spacial score (nSPS) is 12.1. The zero-order valence-electron chi connectivity index (χ0n) is 17.0. The van der Waals surface area contributed by atoms with Gasteiger partial charge in [0.25, 0.3) is 0 Å². The molecule has 4 aromatic rings. The molecule has 31 heavy (non-hydrogen) atoms. The minimum atomic E-state index is -0.371. The first-order valence-corrected chi connectivity index (χ1v) is 10.1. The number of hydrogen-bond acceptors (Lipinski definition) is 4. The second kappa shape index (κ2) is 8.91. The lowest BCUT2D eigenvalue weighted by molar-refractivity contribution is -0.121. The summed E-state index contributed by atoms with van der Waals surface area (Å²) in [5.74, 6) is 0.205. The van der Waals surface area contributed by atoms with Gasteiger partial charge in [-0.05, 0) is 43.2 Å². The fraction of sp³-hybridized carbons (Fsp3) is 0.217. The number of carbonyl (C=O) groups excluding carboxylic acids is 1. The van der Waals surface area contributed by atoms with Gasteiger partial charge >= 0.3 is 5.56 Å². The molecule has 1 atom stereocenters. The Kier molecular flexibility index (Phi) is 5.88. The number of amides is 1. The molecule has 0 aliphatic rings. The third-order valence-corrected chi connectivity index (χ3v) is 5.13. The first kappa shape index (κ1) is 20.5. The van der Waals surface area contributed by atoms with Crippen LogP contribution in [0.25, 0.3) is 11.3 Å². The van der Waals surface area contributed by atoms with Crippen molar-refractivity contribution in [2.45, 2.75) is 32.2 Å². The minimum Gasteiger partial charge on any atom is -0.350 e. The van der Waals surface area contributed by atoms with Gasteiger partial charge in [0.2, 0.25) is 11.6 Å². The van der Waals surface area contributed by atoms with Gasteiger partial charge in [-0.25, -0.2) is 4.39 Å². The summed E-state index contributed by atoms with van der Waals surface area (Å²) < 4.78 is 16.2. The van der Waals surface area contributed by atoms with Crippen molar-refractivity contribution in [2.75, 3.05) is 0 Å². The lowest BCUT2D eigenvalue weighted by Crippen LogP contribution is -2.26. The van der Waals surface area contributed by atoms with Crippen molar-refractivity contribution in [3.63, 3.8) is 0 Å². The van der Waals surface area contributed by atoms with E-state index < -0.39 is 0 Å². The van der Waals surface area contributed by atoms with E-state index in [2.05, 4.69) is 15.5 Å². The Morgan fingerprint density at radius 2 is 1.81 bits per heavy atom. The largest absolute Gasteiger partial charge is 0.350 e. The van der Waals surface area contributed by atoms with Crippen LogP contribution >= 0.6 is 0 Å². The number of rotatable bonds is 7. The van der Waals surface area contributed by atoms with Crippen LogP contribution in [0, 0.1) is 5.82 Å². The highest BCUT2D eigenvalue weighted by Crippen LogP contribution is 2.12. The van der Waals surface area contributed by atoms with E-state index in [9.17, 15) is 14.0 Å². The van der Waals surface area contributed by atoms with Gasteiger partial charge in [-0.3, -0.25) is 18.6 Å². The molecule has 7 nitrogen and oxygen atoms in total. The smallest absolute Gasteiger partial charge is 0.300 e. The van der Waals surface area contributed by atoms with Gasteiger partial charge < -0.3 is 5.32 Å². The second-order valence-corrected chi connectivity index (χ2v) is 7.31. The van der Waals surface area contributed by atoms with Crippen LogP contribution in [0.2, 0.25) is 0 Å². The van der Waals surface area contributed by atoms with E-state index in [-0.39, 0.29) is 29.0 Å². The molecule has 0 saturated heterocycles. The van der Waals surface area contributed by atoms with Gasteiger partial charge in [0.05, 0.1) is 6.04 Å². The fourth-order valence-electron chi connectivity index (χ4n) is 3.46. The maximum atomic E-state index is 13.1. The Morgan fingerprint density at radius 3 is 2.55 bits per heavy atom. The quantitative estimate of drug-likeness (QED) is 0.499. The lowest BCUT2D eigenvalue weighted by Gasteiger charge is -2.14. The molecule has 1 amide bonds. The third-order valence-electron chi connectivity index (χ3n) is 5.13. The summed E-state index contributed by atoms with van der Waals surface area (Å²) in [5, 5.41) is 11.1. The average Bonchev–Trinajstić information content (AvgIpc) is 3.19. The van der Waals surface area contributed by atoms with Gasteiger partial charge in [0.1, 0.15) is 11.6 Å². The number of halogens is 1. The topological polar surface area (TPSA) is 81.3 Å². The molecule has 2 aromatic carbocycles. The van der Waals surface area contributed by atoms with Gasteiger partial charge in [0, 0.05) is 30.9 Å². The molecule has 1 N–H and O–H groups in total. The standard InChI is InChI=1S/C23H22FN5O2/c1-16(17-6-3-2-4-7-17)25-21(30)9-5-8-20-26-27-22-23(31)28(14-15-29(20)22)19-12-10-18(24)11-13-19/h2-4,6-7,10-16H,5,8-9H2,1H3,(H,25,30)/t16-/m0/s1. The van der Waals surface area contributed by atoms with E-state index in [1.807, 2.05) is 37.3 Å². The van der Waals surface area contributed by atoms with Crippen molar-refractivity contribution in [1.82, 2.24) is 24.5 Å². The van der Waals surface area contributed by atoms with Crippen LogP contribution < -0.4 is 10.9 Å². The molecule has 4 rings (SSSR count). The van der Waals surface area contributed by atoms with Crippen LogP contribution in [-0.4, -0.2) is 25.1 Å². The van der Waals surface area contributed by atoms with Crippen LogP contribution in [-0.2, 0) is 11.2 Å². The van der Waals surface area contributed by atoms with E-state index in [0.717, 1.165) is 5.56 Å². The Morgan fingerprint density at radius 1 is 1.06 bits per heavy atom. The lowest BCUT2D eigenvalue weighted by atomic mass is 10.1. The SMILES string of the molecule is C[C@H](NC(=O)CCCc1nnc2c(=O)n(-c3ccc(F)cc3)ccn12)c1ccccc1. The van der Waals surface area contributed by atoms with Crippen LogP contribution in [0.4, 0.5) is 4.39 Å². The molecular weight excluding hydrogens is 397 g/mol. The first-order chi connectivity index (χ1) is 15.0. The van der Waals surface area contributed by atoms with Gasteiger partial charge in [-0.1, -0.05) is 30.3 Å². The molecule has 8 heteroatoms. The number of nitrogens with zero attached hydrogens (tertiary/aromatic N) is 4. The van der Waals surface area contributed by atoms with Gasteiger partial charge in [0.15, 0.2) is 0 Å². The van der Waals surface area contributed by atoms with Crippen LogP contribution in [0.5, 0.6) is 0 Å². The van der Waals surface area contributed by atoms with Gasteiger partial charge in [-0.15, -0.1) is 10.2 Å². The van der Waals surface area contributed by atoms with Crippen molar-refractivity contribution in [3.8, 4) is 5.69 Å². The first-order valence-electron chi connectivity index (χ1n) is 10.1. The number of aryl methyl sites for hydroxylation is 1. The summed E-state index contributed by atoms with van der Waals surface area (Å²) in [7, 11) is 0. The summed E-state index contributed by atoms with van der Waals surface area (Å²) in [5.41, 5.74) is 1.44. The van der Waals surface area contributed by atoms with Crippen LogP contribution in [0.1, 0.15) is 37.2 Å². The molecule has 0 bridgehead atoms. The zero-order chi connectivity index (χ0) is 21.8. The molecular formula is C23H22FN5O2. The average molecular weight is 419 g/mol. The number of carbonyl (C=O) groups is 1. The predicted octanol–water partition coefficient (Wildman–Crippen LogP) is 3.22. The second-order valence-electron chi connectivity index (χ2n) is 7.31. The molecule has 158 valence electrons. The number of benzene rings is 2. The Balaban J connectivity index is 1.40. The van der Waals surface area contributed by atoms with Crippen molar-refractivity contribution in [1.29, 1.82) is 0 Å². The number of hydrogen-bond donors (Lipinski definition) is 1. The molecule has 0 saturated carbocycles. The maximum absolute atomic E-state index is 13.1. The number of aromatic nitrogens is 4. The van der Waals surface area contributed by atoms with E-state index in [1.54, 1.807) is 16.8 Å². The third kappa shape index (κ3) is 4.53. The van der Waals surface area contributed by atoms with Crippen molar-refractivity contribution < 1.29 is 9.18 Å². The molecule has 0 unspecified atom stereocenters. The van der Waals surface area contributed by atoms with Crippen molar-refractivity contribution >= 4 is 11.6 Å². The predicted molar refractivity (Wildman–Crippen MR) is 114 cm³/mol. The highest BCUT2D eigenvalue weighted by molar-refractivity contribution is 5.76. The Labute approximate surface area is 178 Å². The van der Waals surface area contributed by atoms with Crippen molar-refractivity contribution in [3.05, 3.63) is 94.5 Å². The summed E-state index contributed by atoms with van der Waals surface area (Å²) in [4.78, 5) is 25.0. The van der Waals surface area contributed by atoms with Crippen LogP contribution in [0.3, 0.4) is 0 Å². The van der Waals surface area contributed by atoms with E-state index in [0.29, 0.717) is 30.8 Å². The van der Waals surface area contributed by atoms with Crippen LogP contribution in [0.15, 0.2) is 71.8 Å². The van der Waals surface area contributed by atoms with E-state index >= 15 is 0 Å². The molecule has 0 aliphatic heterocycles. The molecule has 2 heterocycles. The fourth-order valence-corrected chi connectivity index (χ4v) is 3.46. The highest BCUT2D eigenvalue weighted by atomic mass is 19.1. The molecule has 0 radical (unpaired) electrons. The summed E-state index contributed by atoms with van der Waals surface area (Å²) in [6.45, 7) is 1.95. The Hall–Kier alpha value is -3.81. The summed E-state index contributed by atoms with van der Waals surface area (Å²) in [6, 6.07) is 15.4. The molecule has 0 spiro atoms. The van der Waals surface area contributed by atoms with E-state index in [4.69, 9.17) is 0 Å². The highest BCUT2D eigenvalue weighted by Gasteiger charge is 2.13. The number of nitrogens with one attached hydrogen (secondary N) is 1. The summed E-state index contributed by atoms with van der Waals surface area (Å²) >= 11 is 0. The molecule has 0 fully saturated rings. The zero-order valence-corrected chi connectivity index (χ0v) is 17.0. The van der Waals surface area contributed by atoms with Crippen molar-refractivity contribution in [2.24, 2.45) is 0 Å². The summed E-state index contributed by atoms with van der Waals surface area (Å²) in [6.07, 6.45) is 4.73. The monoisotopic (exact) mass is 419 g/mol.